The number of amides is 1. The van der Waals surface area contributed by atoms with Crippen LogP contribution in [0.5, 0.6) is 0 Å². The van der Waals surface area contributed by atoms with E-state index in [0.717, 1.165) is 35.2 Å². The molecule has 3 N–H and O–H groups in total. The van der Waals surface area contributed by atoms with Crippen molar-refractivity contribution in [2.24, 2.45) is 5.16 Å². The van der Waals surface area contributed by atoms with Crippen LogP contribution >= 0.6 is 0 Å². The molecule has 192 valence electrons. The smallest absolute Gasteiger partial charge is 0.478 e. The first-order chi connectivity index (χ1) is 17.0. The molecule has 0 fully saturated rings. The molecule has 2 heterocycles. The molecule has 0 spiro atoms. The molecular formula is C24H28AsN3O7S. The molecule has 10 nitrogen and oxygen atoms in total. The quantitative estimate of drug-likeness (QED) is 0.319. The number of likely N-dealkylation sites (N-methyl/N-ethyl adjacent to an activating group) is 1. The Bertz CT molecular complexity index is 1340. The van der Waals surface area contributed by atoms with Gasteiger partial charge >= 0.3 is 185 Å². The third kappa shape index (κ3) is 4.93. The average Bonchev–Trinajstić information content (AvgIpc) is 3.16. The van der Waals surface area contributed by atoms with Crippen molar-refractivity contribution in [2.45, 2.75) is 41.8 Å². The molecule has 12 heteroatoms. The molecule has 2 aromatic rings. The van der Waals surface area contributed by atoms with Gasteiger partial charge in [0.1, 0.15) is 0 Å². The van der Waals surface area contributed by atoms with Gasteiger partial charge in [-0.3, -0.25) is 0 Å². The van der Waals surface area contributed by atoms with Gasteiger partial charge in [-0.2, -0.15) is 0 Å². The predicted octanol–water partition coefficient (Wildman–Crippen LogP) is 1.87. The number of carboxylic acid groups (broad SMARTS) is 1. The molecule has 1 unspecified atom stereocenters. The summed E-state index contributed by atoms with van der Waals surface area (Å²) < 4.78 is 25.3. The number of aliphatic carboxylic acids is 1. The fourth-order valence-corrected chi connectivity index (χ4v) is 8.66. The number of fused-ring (bicyclic) bond motifs is 3. The summed E-state index contributed by atoms with van der Waals surface area (Å²) in [4.78, 5) is 31.8. The molecule has 0 bridgehead atoms. The molecule has 0 saturated carbocycles. The second-order valence-corrected chi connectivity index (χ2v) is 20.6. The number of aliphatic hydroxyl groups is 1. The van der Waals surface area contributed by atoms with Gasteiger partial charge < -0.3 is 10.2 Å². The Morgan fingerprint density at radius 2 is 1.92 bits per heavy atom. The molecule has 2 aliphatic rings. The van der Waals surface area contributed by atoms with Crippen molar-refractivity contribution in [1.29, 1.82) is 0 Å². The zero-order chi connectivity index (χ0) is 26.2. The molecule has 1 atom stereocenters. The number of rotatable bonds is 8. The first-order valence-electron chi connectivity index (χ1n) is 11.3. The normalized spacial score (nSPS) is 17.6. The van der Waals surface area contributed by atoms with E-state index in [4.69, 9.17) is 9.94 Å². The Labute approximate surface area is 213 Å². The number of nitrogens with one attached hydrogen (secondary N) is 1. The Hall–Kier alpha value is -2.72. The van der Waals surface area contributed by atoms with Gasteiger partial charge in [-0.25, -0.2) is 4.79 Å². The predicted molar refractivity (Wildman–Crippen MR) is 136 cm³/mol. The van der Waals surface area contributed by atoms with Gasteiger partial charge in [0.15, 0.2) is 0 Å². The molecule has 2 aliphatic heterocycles. The van der Waals surface area contributed by atoms with E-state index in [1.807, 2.05) is 13.1 Å². The van der Waals surface area contributed by atoms with Crippen LogP contribution in [0.2, 0.25) is 11.4 Å². The van der Waals surface area contributed by atoms with Gasteiger partial charge in [0.25, 0.3) is 0 Å². The van der Waals surface area contributed by atoms with E-state index in [1.165, 1.54) is 0 Å². The number of aliphatic hydroxyl groups excluding tert-OH is 1. The maximum atomic E-state index is 12.8. The minimum atomic E-state index is -3.27. The second kappa shape index (κ2) is 10.3. The van der Waals surface area contributed by atoms with E-state index in [-0.39, 0.29) is 12.1 Å². The van der Waals surface area contributed by atoms with Crippen LogP contribution in [0, 0.1) is 0 Å². The zero-order valence-corrected chi connectivity index (χ0v) is 22.9. The first-order valence-corrected chi connectivity index (χ1v) is 18.8. The molecule has 36 heavy (non-hydrogen) atoms. The number of carbonyl (C=O) groups is 2. The van der Waals surface area contributed by atoms with E-state index in [2.05, 4.69) is 15.4 Å². The first kappa shape index (κ1) is 26.3. The van der Waals surface area contributed by atoms with Crippen LogP contribution in [0.15, 0.2) is 40.4 Å². The number of oxime groups is 1. The van der Waals surface area contributed by atoms with Crippen molar-refractivity contribution in [3.63, 3.8) is 0 Å². The summed E-state index contributed by atoms with van der Waals surface area (Å²) in [5.74, 6) is -1.80. The molecule has 0 aromatic heterocycles. The van der Waals surface area contributed by atoms with Gasteiger partial charge in [0, 0.05) is 13.0 Å². The number of carbonyl (C=O) groups excluding carboxylic acids is 1. The monoisotopic (exact) mass is 577 g/mol. The van der Waals surface area contributed by atoms with Crippen molar-refractivity contribution >= 4 is 44.9 Å². The van der Waals surface area contributed by atoms with Crippen LogP contribution in [0.4, 0.5) is 5.69 Å². The topological polar surface area (TPSA) is 146 Å². The summed E-state index contributed by atoms with van der Waals surface area (Å²) in [6, 6.07) is 8.64. The molecule has 0 aliphatic carbocycles. The Morgan fingerprint density at radius 3 is 2.53 bits per heavy atom. The Morgan fingerprint density at radius 1 is 1.22 bits per heavy atom. The number of hydrogen-bond donors (Lipinski definition) is 3. The minimum Gasteiger partial charge on any atom is -0.478 e. The number of carboxylic acids is 1. The molecule has 1 amide bonds. The average molecular weight is 577 g/mol. The van der Waals surface area contributed by atoms with Crippen molar-refractivity contribution in [3.05, 3.63) is 47.0 Å². The molecule has 4 rings (SSSR count). The summed E-state index contributed by atoms with van der Waals surface area (Å²) in [5, 5.41) is 25.1. The van der Waals surface area contributed by atoms with E-state index < -0.39 is 46.2 Å². The van der Waals surface area contributed by atoms with E-state index in [9.17, 15) is 23.1 Å². The van der Waals surface area contributed by atoms with Crippen molar-refractivity contribution < 1.29 is 33.1 Å². The van der Waals surface area contributed by atoms with Crippen LogP contribution in [0.25, 0.3) is 11.1 Å². The zero-order valence-electron chi connectivity index (χ0n) is 20.2. The third-order valence-electron chi connectivity index (χ3n) is 6.31. The SMILES string of the molecule is CN1CCc2c(-c3ccc(S(=O)(=O)[As](C)C)cc3)cc3c(c2C1)NC(=O)C3=NOC(CCO)C(=O)O. The number of anilines is 1. The molecule has 2 aromatic carbocycles. The van der Waals surface area contributed by atoms with Gasteiger partial charge in [-0.05, 0) is 0 Å². The fraction of sp³-hybridized carbons (Fsp3) is 0.375. The summed E-state index contributed by atoms with van der Waals surface area (Å²) >= 11 is -2.02. The van der Waals surface area contributed by atoms with Crippen LogP contribution in [0.3, 0.4) is 0 Å². The summed E-state index contributed by atoms with van der Waals surface area (Å²) in [5.41, 5.74) is 8.30. The van der Waals surface area contributed by atoms with E-state index in [0.29, 0.717) is 22.7 Å². The third-order valence-corrected chi connectivity index (χ3v) is 15.5. The number of benzene rings is 2. The van der Waals surface area contributed by atoms with Crippen molar-refractivity contribution in [3.8, 4) is 11.1 Å². The molecule has 0 radical (unpaired) electrons. The Kier molecular flexibility index (Phi) is 7.56. The van der Waals surface area contributed by atoms with E-state index in [1.54, 1.807) is 35.7 Å². The summed E-state index contributed by atoms with van der Waals surface area (Å²) in [6.45, 7) is 1.01. The maximum absolute atomic E-state index is 12.8. The van der Waals surface area contributed by atoms with Crippen molar-refractivity contribution in [2.75, 3.05) is 25.5 Å². The number of nitrogens with zero attached hydrogens (tertiary/aromatic N) is 2. The second-order valence-electron chi connectivity index (χ2n) is 8.94. The minimum absolute atomic E-state index is 0.0447. The Balaban J connectivity index is 1.82. The molecular weight excluding hydrogens is 549 g/mol. The van der Waals surface area contributed by atoms with Gasteiger partial charge in [-0.1, -0.05) is 0 Å². The van der Waals surface area contributed by atoms with Crippen molar-refractivity contribution in [1.82, 2.24) is 4.90 Å². The molecule has 0 saturated heterocycles. The van der Waals surface area contributed by atoms with Gasteiger partial charge in [-0.15, -0.1) is 0 Å². The van der Waals surface area contributed by atoms with Gasteiger partial charge in [0.05, 0.1) is 0 Å². The standard InChI is InChI=1S/C24H28AsN3O7S/c1-25(2)36(33,34)15-6-4-14(5-7-15)17-12-18-21(19-13-28(3)10-8-16(17)19)26-23(30)22(18)27-35-20(9-11-29)24(31)32/h4-7,12,20,29H,8-11,13H2,1-3H3,(H,31,32)(H,26,27,30). The van der Waals surface area contributed by atoms with Crippen LogP contribution in [-0.4, -0.2) is 80.9 Å². The summed E-state index contributed by atoms with van der Waals surface area (Å²) in [6.07, 6.45) is -0.818. The van der Waals surface area contributed by atoms with Crippen LogP contribution in [0.1, 0.15) is 23.1 Å². The van der Waals surface area contributed by atoms with E-state index >= 15 is 0 Å². The van der Waals surface area contributed by atoms with Crippen LogP contribution in [-0.2, 0) is 35.5 Å². The number of hydrogen-bond acceptors (Lipinski definition) is 8. The fourth-order valence-electron chi connectivity index (χ4n) is 4.34. The summed E-state index contributed by atoms with van der Waals surface area (Å²) in [7, 11) is -1.29. The van der Waals surface area contributed by atoms with Crippen LogP contribution < -0.4 is 5.32 Å². The van der Waals surface area contributed by atoms with Gasteiger partial charge in [0.2, 0.25) is 0 Å².